The number of hydrogen-bond donors (Lipinski definition) is 2. The van der Waals surface area contributed by atoms with Crippen molar-refractivity contribution >= 4 is 11.7 Å². The molecular weight excluding hydrogens is 264 g/mol. The van der Waals surface area contributed by atoms with Gasteiger partial charge in [-0.25, -0.2) is 4.98 Å². The van der Waals surface area contributed by atoms with Crippen LogP contribution < -0.4 is 10.6 Å². The summed E-state index contributed by atoms with van der Waals surface area (Å²) in [5.74, 6) is 0.559. The van der Waals surface area contributed by atoms with Gasteiger partial charge in [0.15, 0.2) is 0 Å². The smallest absolute Gasteiger partial charge is 0.253 e. The zero-order valence-corrected chi connectivity index (χ0v) is 11.8. The molecule has 0 aliphatic heterocycles. The molecule has 2 N–H and O–H groups in total. The van der Waals surface area contributed by atoms with Crippen LogP contribution in [0.4, 0.5) is 5.82 Å². The number of benzene rings is 1. The maximum atomic E-state index is 12.0. The number of rotatable bonds is 5. The molecule has 0 spiro atoms. The highest BCUT2D eigenvalue weighted by Crippen LogP contribution is 2.06. The SMILES string of the molecule is CCNc1ccc(C(=O)NCc2cccc(C#N)c2)cn1. The predicted molar refractivity (Wildman–Crippen MR) is 80.7 cm³/mol. The number of hydrogen-bond acceptors (Lipinski definition) is 4. The summed E-state index contributed by atoms with van der Waals surface area (Å²) < 4.78 is 0. The Bertz CT molecular complexity index is 659. The average molecular weight is 280 g/mol. The molecule has 0 atom stereocenters. The van der Waals surface area contributed by atoms with E-state index >= 15 is 0 Å². The Labute approximate surface area is 123 Å². The number of amides is 1. The Balaban J connectivity index is 1.96. The molecule has 2 rings (SSSR count). The minimum atomic E-state index is -0.187. The molecule has 0 unspecified atom stereocenters. The van der Waals surface area contributed by atoms with Crippen molar-refractivity contribution in [2.24, 2.45) is 0 Å². The van der Waals surface area contributed by atoms with Crippen molar-refractivity contribution < 1.29 is 4.79 Å². The summed E-state index contributed by atoms with van der Waals surface area (Å²) in [6.07, 6.45) is 1.54. The Morgan fingerprint density at radius 3 is 2.86 bits per heavy atom. The van der Waals surface area contributed by atoms with Crippen LogP contribution in [0.1, 0.15) is 28.4 Å². The van der Waals surface area contributed by atoms with Gasteiger partial charge in [-0.3, -0.25) is 4.79 Å². The van der Waals surface area contributed by atoms with E-state index in [0.717, 1.165) is 17.9 Å². The molecule has 1 aromatic carbocycles. The van der Waals surface area contributed by atoms with Crippen LogP contribution in [0.5, 0.6) is 0 Å². The van der Waals surface area contributed by atoms with Crippen LogP contribution in [0.25, 0.3) is 0 Å². The molecule has 0 bridgehead atoms. The lowest BCUT2D eigenvalue weighted by Crippen LogP contribution is -2.23. The van der Waals surface area contributed by atoms with Gasteiger partial charge in [-0.1, -0.05) is 12.1 Å². The van der Waals surface area contributed by atoms with Crippen molar-refractivity contribution in [3.05, 3.63) is 59.3 Å². The normalized spacial score (nSPS) is 9.71. The Morgan fingerprint density at radius 2 is 2.19 bits per heavy atom. The molecule has 1 heterocycles. The Hall–Kier alpha value is -2.87. The first-order chi connectivity index (χ1) is 10.2. The lowest BCUT2D eigenvalue weighted by molar-refractivity contribution is 0.0950. The van der Waals surface area contributed by atoms with E-state index in [0.29, 0.717) is 17.7 Å². The molecule has 5 heteroatoms. The Morgan fingerprint density at radius 1 is 1.33 bits per heavy atom. The number of carbonyl (C=O) groups excluding carboxylic acids is 1. The third kappa shape index (κ3) is 4.05. The van der Waals surface area contributed by atoms with Gasteiger partial charge in [0.05, 0.1) is 17.2 Å². The van der Waals surface area contributed by atoms with Gasteiger partial charge in [-0.05, 0) is 36.8 Å². The minimum Gasteiger partial charge on any atom is -0.370 e. The monoisotopic (exact) mass is 280 g/mol. The third-order valence-electron chi connectivity index (χ3n) is 2.89. The first-order valence-corrected chi connectivity index (χ1v) is 6.70. The van der Waals surface area contributed by atoms with Crippen molar-refractivity contribution in [3.8, 4) is 6.07 Å². The fraction of sp³-hybridized carbons (Fsp3) is 0.188. The van der Waals surface area contributed by atoms with Gasteiger partial charge in [0.25, 0.3) is 5.91 Å². The maximum Gasteiger partial charge on any atom is 0.253 e. The number of pyridine rings is 1. The van der Waals surface area contributed by atoms with Crippen molar-refractivity contribution in [2.45, 2.75) is 13.5 Å². The fourth-order valence-corrected chi connectivity index (χ4v) is 1.85. The van der Waals surface area contributed by atoms with Crippen LogP contribution >= 0.6 is 0 Å². The summed E-state index contributed by atoms with van der Waals surface area (Å²) in [7, 11) is 0. The van der Waals surface area contributed by atoms with Crippen LogP contribution in [0.3, 0.4) is 0 Å². The second kappa shape index (κ2) is 7.06. The van der Waals surface area contributed by atoms with Crippen LogP contribution in [-0.4, -0.2) is 17.4 Å². The number of nitriles is 1. The van der Waals surface area contributed by atoms with E-state index in [1.54, 1.807) is 36.5 Å². The standard InChI is InChI=1S/C16H16N4O/c1-2-18-15-7-6-14(11-19-15)16(21)20-10-13-5-3-4-12(8-13)9-17/h3-8,11H,2,10H2,1H3,(H,18,19)(H,20,21). The molecule has 0 saturated heterocycles. The number of carbonyl (C=O) groups is 1. The van der Waals surface area contributed by atoms with E-state index in [-0.39, 0.29) is 5.91 Å². The van der Waals surface area contributed by atoms with Crippen molar-refractivity contribution in [2.75, 3.05) is 11.9 Å². The molecule has 0 saturated carbocycles. The quantitative estimate of drug-likeness (QED) is 0.881. The third-order valence-corrected chi connectivity index (χ3v) is 2.89. The van der Waals surface area contributed by atoms with E-state index in [1.165, 1.54) is 0 Å². The zero-order valence-electron chi connectivity index (χ0n) is 11.8. The van der Waals surface area contributed by atoms with Crippen LogP contribution in [-0.2, 0) is 6.54 Å². The molecule has 0 aliphatic carbocycles. The van der Waals surface area contributed by atoms with Gasteiger partial charge < -0.3 is 10.6 Å². The lowest BCUT2D eigenvalue weighted by Gasteiger charge is -2.06. The summed E-state index contributed by atoms with van der Waals surface area (Å²) in [4.78, 5) is 16.2. The van der Waals surface area contributed by atoms with Gasteiger partial charge in [0, 0.05) is 19.3 Å². The summed E-state index contributed by atoms with van der Waals surface area (Å²) in [6, 6.07) is 12.7. The number of anilines is 1. The first kappa shape index (κ1) is 14.5. The molecular formula is C16H16N4O. The number of nitrogens with one attached hydrogen (secondary N) is 2. The number of aromatic nitrogens is 1. The van der Waals surface area contributed by atoms with Crippen LogP contribution in [0, 0.1) is 11.3 Å². The Kier molecular flexibility index (Phi) is 4.89. The van der Waals surface area contributed by atoms with E-state index in [1.807, 2.05) is 13.0 Å². The number of nitrogens with zero attached hydrogens (tertiary/aromatic N) is 2. The molecule has 106 valence electrons. The van der Waals surface area contributed by atoms with E-state index in [2.05, 4.69) is 21.7 Å². The second-order valence-corrected chi connectivity index (χ2v) is 4.46. The molecule has 0 aliphatic rings. The average Bonchev–Trinajstić information content (AvgIpc) is 2.54. The maximum absolute atomic E-state index is 12.0. The molecule has 2 aromatic rings. The molecule has 0 fully saturated rings. The zero-order chi connectivity index (χ0) is 15.1. The first-order valence-electron chi connectivity index (χ1n) is 6.70. The van der Waals surface area contributed by atoms with Crippen molar-refractivity contribution in [1.29, 1.82) is 5.26 Å². The van der Waals surface area contributed by atoms with Gasteiger partial charge >= 0.3 is 0 Å². The summed E-state index contributed by atoms with van der Waals surface area (Å²) in [6.45, 7) is 3.15. The lowest BCUT2D eigenvalue weighted by atomic mass is 10.1. The van der Waals surface area contributed by atoms with Gasteiger partial charge in [0.2, 0.25) is 0 Å². The molecule has 21 heavy (non-hydrogen) atoms. The topological polar surface area (TPSA) is 77.8 Å². The summed E-state index contributed by atoms with van der Waals surface area (Å²) >= 11 is 0. The van der Waals surface area contributed by atoms with E-state index in [4.69, 9.17) is 5.26 Å². The van der Waals surface area contributed by atoms with Crippen LogP contribution in [0.15, 0.2) is 42.6 Å². The molecule has 1 amide bonds. The van der Waals surface area contributed by atoms with Crippen molar-refractivity contribution in [1.82, 2.24) is 10.3 Å². The van der Waals surface area contributed by atoms with Crippen LogP contribution in [0.2, 0.25) is 0 Å². The molecule has 5 nitrogen and oxygen atoms in total. The van der Waals surface area contributed by atoms with Gasteiger partial charge in [-0.15, -0.1) is 0 Å². The summed E-state index contributed by atoms with van der Waals surface area (Å²) in [5, 5.41) is 14.7. The van der Waals surface area contributed by atoms with Gasteiger partial charge in [0.1, 0.15) is 5.82 Å². The predicted octanol–water partition coefficient (Wildman–Crippen LogP) is 2.32. The van der Waals surface area contributed by atoms with E-state index < -0.39 is 0 Å². The van der Waals surface area contributed by atoms with Gasteiger partial charge in [-0.2, -0.15) is 5.26 Å². The fourth-order valence-electron chi connectivity index (χ4n) is 1.85. The molecule has 1 aromatic heterocycles. The largest absolute Gasteiger partial charge is 0.370 e. The highest BCUT2D eigenvalue weighted by molar-refractivity contribution is 5.94. The second-order valence-electron chi connectivity index (χ2n) is 4.46. The minimum absolute atomic E-state index is 0.187. The van der Waals surface area contributed by atoms with Crippen molar-refractivity contribution in [3.63, 3.8) is 0 Å². The summed E-state index contributed by atoms with van der Waals surface area (Å²) in [5.41, 5.74) is 1.98. The highest BCUT2D eigenvalue weighted by atomic mass is 16.1. The van der Waals surface area contributed by atoms with E-state index in [9.17, 15) is 4.79 Å². The highest BCUT2D eigenvalue weighted by Gasteiger charge is 2.06. The molecule has 0 radical (unpaired) electrons.